The standard InChI is InChI=1S/C13H17BrN2O3/c1-8(12(17)16(2)3)15-7-10-5-4-9(13(18)19)6-11(10)14/h4-6,8,15H,7H2,1-3H3,(H,18,19). The first-order valence-corrected chi connectivity index (χ1v) is 6.58. The minimum absolute atomic E-state index is 0.00159. The SMILES string of the molecule is CC(NCc1ccc(C(=O)O)cc1Br)C(=O)N(C)C. The quantitative estimate of drug-likeness (QED) is 0.863. The minimum atomic E-state index is -0.962. The highest BCUT2D eigenvalue weighted by Crippen LogP contribution is 2.18. The second kappa shape index (κ2) is 6.68. The summed E-state index contributed by atoms with van der Waals surface area (Å²) in [6, 6.07) is 4.54. The third-order valence-electron chi connectivity index (χ3n) is 2.71. The minimum Gasteiger partial charge on any atom is -0.478 e. The number of rotatable bonds is 5. The van der Waals surface area contributed by atoms with Gasteiger partial charge in [-0.05, 0) is 24.6 Å². The second-order valence-electron chi connectivity index (χ2n) is 4.45. The number of benzene rings is 1. The second-order valence-corrected chi connectivity index (χ2v) is 5.30. The van der Waals surface area contributed by atoms with Gasteiger partial charge < -0.3 is 15.3 Å². The third kappa shape index (κ3) is 4.33. The molecule has 1 unspecified atom stereocenters. The van der Waals surface area contributed by atoms with Crippen LogP contribution in [0.3, 0.4) is 0 Å². The average Bonchev–Trinajstić information content (AvgIpc) is 2.35. The van der Waals surface area contributed by atoms with Gasteiger partial charge in [-0.15, -0.1) is 0 Å². The zero-order valence-electron chi connectivity index (χ0n) is 11.1. The molecule has 0 aliphatic rings. The number of hydrogen-bond donors (Lipinski definition) is 2. The van der Waals surface area contributed by atoms with Gasteiger partial charge in [-0.25, -0.2) is 4.79 Å². The van der Waals surface area contributed by atoms with Crippen molar-refractivity contribution in [3.8, 4) is 0 Å². The van der Waals surface area contributed by atoms with E-state index in [1.807, 2.05) is 0 Å². The van der Waals surface area contributed by atoms with Gasteiger partial charge >= 0.3 is 5.97 Å². The Balaban J connectivity index is 2.68. The molecule has 0 spiro atoms. The van der Waals surface area contributed by atoms with Gasteiger partial charge in [0.1, 0.15) is 0 Å². The highest BCUT2D eigenvalue weighted by molar-refractivity contribution is 9.10. The summed E-state index contributed by atoms with van der Waals surface area (Å²) < 4.78 is 0.712. The topological polar surface area (TPSA) is 69.6 Å². The van der Waals surface area contributed by atoms with Crippen LogP contribution in [0.25, 0.3) is 0 Å². The maximum atomic E-state index is 11.7. The molecule has 2 N–H and O–H groups in total. The van der Waals surface area contributed by atoms with E-state index in [1.165, 1.54) is 4.90 Å². The summed E-state index contributed by atoms with van der Waals surface area (Å²) in [4.78, 5) is 24.0. The number of likely N-dealkylation sites (N-methyl/N-ethyl adjacent to an activating group) is 1. The van der Waals surface area contributed by atoms with Crippen LogP contribution < -0.4 is 5.32 Å². The van der Waals surface area contributed by atoms with Gasteiger partial charge in [-0.3, -0.25) is 4.79 Å². The van der Waals surface area contributed by atoms with Gasteiger partial charge in [-0.2, -0.15) is 0 Å². The number of nitrogens with zero attached hydrogens (tertiary/aromatic N) is 1. The molecule has 0 aliphatic heterocycles. The van der Waals surface area contributed by atoms with E-state index in [1.54, 1.807) is 39.2 Å². The van der Waals surface area contributed by atoms with Crippen molar-refractivity contribution in [2.75, 3.05) is 14.1 Å². The van der Waals surface area contributed by atoms with Gasteiger partial charge in [0, 0.05) is 25.1 Å². The summed E-state index contributed by atoms with van der Waals surface area (Å²) in [5, 5.41) is 12.0. The lowest BCUT2D eigenvalue weighted by Gasteiger charge is -2.18. The molecule has 0 radical (unpaired) electrons. The first-order chi connectivity index (χ1) is 8.82. The van der Waals surface area contributed by atoms with E-state index < -0.39 is 5.97 Å². The van der Waals surface area contributed by atoms with Crippen molar-refractivity contribution >= 4 is 27.8 Å². The maximum absolute atomic E-state index is 11.7. The van der Waals surface area contributed by atoms with E-state index in [4.69, 9.17) is 5.11 Å². The van der Waals surface area contributed by atoms with Crippen LogP contribution in [-0.2, 0) is 11.3 Å². The predicted octanol–water partition coefficient (Wildman–Crippen LogP) is 1.71. The number of hydrogen-bond acceptors (Lipinski definition) is 3. The lowest BCUT2D eigenvalue weighted by atomic mass is 10.1. The van der Waals surface area contributed by atoms with Crippen molar-refractivity contribution in [3.63, 3.8) is 0 Å². The van der Waals surface area contributed by atoms with Crippen molar-refractivity contribution in [3.05, 3.63) is 33.8 Å². The molecule has 104 valence electrons. The van der Waals surface area contributed by atoms with Crippen LogP contribution in [0.15, 0.2) is 22.7 Å². The largest absolute Gasteiger partial charge is 0.478 e. The maximum Gasteiger partial charge on any atom is 0.335 e. The third-order valence-corrected chi connectivity index (χ3v) is 3.45. The summed E-state index contributed by atoms with van der Waals surface area (Å²) in [6.45, 7) is 2.28. The normalized spacial score (nSPS) is 12.0. The Kier molecular flexibility index (Phi) is 5.50. The van der Waals surface area contributed by atoms with Crippen LogP contribution in [0.1, 0.15) is 22.8 Å². The number of nitrogens with one attached hydrogen (secondary N) is 1. The molecule has 1 aromatic carbocycles. The van der Waals surface area contributed by atoms with Crippen LogP contribution in [-0.4, -0.2) is 42.0 Å². The Labute approximate surface area is 120 Å². The number of aromatic carboxylic acids is 1. The van der Waals surface area contributed by atoms with Crippen molar-refractivity contribution in [1.29, 1.82) is 0 Å². The van der Waals surface area contributed by atoms with E-state index in [9.17, 15) is 9.59 Å². The summed E-state index contributed by atoms with van der Waals surface area (Å²) in [7, 11) is 3.41. The molecule has 6 heteroatoms. The number of carbonyl (C=O) groups excluding carboxylic acids is 1. The number of halogens is 1. The first-order valence-electron chi connectivity index (χ1n) is 5.79. The molecule has 0 aliphatic carbocycles. The molecule has 0 saturated heterocycles. The summed E-state index contributed by atoms with van der Waals surface area (Å²) >= 11 is 3.33. The molecule has 0 fully saturated rings. The van der Waals surface area contributed by atoms with Gasteiger partial charge in [0.2, 0.25) is 5.91 Å². The van der Waals surface area contributed by atoms with Crippen LogP contribution in [0, 0.1) is 0 Å². The van der Waals surface area contributed by atoms with Gasteiger partial charge in [0.25, 0.3) is 0 Å². The first kappa shape index (κ1) is 15.7. The van der Waals surface area contributed by atoms with E-state index in [0.717, 1.165) is 5.56 Å². The number of amides is 1. The molecule has 5 nitrogen and oxygen atoms in total. The van der Waals surface area contributed by atoms with E-state index >= 15 is 0 Å². The Hall–Kier alpha value is -1.40. The molecule has 19 heavy (non-hydrogen) atoms. The molecule has 0 aromatic heterocycles. The highest BCUT2D eigenvalue weighted by Gasteiger charge is 2.14. The van der Waals surface area contributed by atoms with Gasteiger partial charge in [0.05, 0.1) is 11.6 Å². The Morgan fingerprint density at radius 2 is 2.05 bits per heavy atom. The van der Waals surface area contributed by atoms with E-state index in [0.29, 0.717) is 11.0 Å². The Morgan fingerprint density at radius 3 is 2.53 bits per heavy atom. The summed E-state index contributed by atoms with van der Waals surface area (Å²) in [6.07, 6.45) is 0. The highest BCUT2D eigenvalue weighted by atomic mass is 79.9. The predicted molar refractivity (Wildman–Crippen MR) is 76.1 cm³/mol. The molecule has 1 amide bonds. The fourth-order valence-electron chi connectivity index (χ4n) is 1.56. The zero-order valence-corrected chi connectivity index (χ0v) is 12.7. The van der Waals surface area contributed by atoms with Crippen molar-refractivity contribution in [1.82, 2.24) is 10.2 Å². The molecule has 0 saturated carbocycles. The lowest BCUT2D eigenvalue weighted by Crippen LogP contribution is -2.41. The summed E-state index contributed by atoms with van der Waals surface area (Å²) in [5.41, 5.74) is 1.14. The smallest absolute Gasteiger partial charge is 0.335 e. The lowest BCUT2D eigenvalue weighted by molar-refractivity contribution is -0.130. The number of carboxylic acid groups (broad SMARTS) is 1. The molecule has 1 atom stereocenters. The van der Waals surface area contributed by atoms with Crippen LogP contribution in [0.4, 0.5) is 0 Å². The number of carboxylic acids is 1. The fourth-order valence-corrected chi connectivity index (χ4v) is 2.08. The Bertz CT molecular complexity index is 489. The Morgan fingerprint density at radius 1 is 1.42 bits per heavy atom. The van der Waals surface area contributed by atoms with Crippen LogP contribution >= 0.6 is 15.9 Å². The number of carbonyl (C=O) groups is 2. The molecule has 1 aromatic rings. The van der Waals surface area contributed by atoms with E-state index in [-0.39, 0.29) is 17.5 Å². The summed E-state index contributed by atoms with van der Waals surface area (Å²) in [5.74, 6) is -0.963. The van der Waals surface area contributed by atoms with Gasteiger partial charge in [-0.1, -0.05) is 22.0 Å². The van der Waals surface area contributed by atoms with Crippen LogP contribution in [0.5, 0.6) is 0 Å². The molecule has 0 heterocycles. The average molecular weight is 329 g/mol. The molecule has 1 rings (SSSR count). The molecule has 0 bridgehead atoms. The zero-order chi connectivity index (χ0) is 14.6. The van der Waals surface area contributed by atoms with Crippen LogP contribution in [0.2, 0.25) is 0 Å². The van der Waals surface area contributed by atoms with Crippen molar-refractivity contribution in [2.24, 2.45) is 0 Å². The van der Waals surface area contributed by atoms with E-state index in [2.05, 4.69) is 21.2 Å². The molecular weight excluding hydrogens is 312 g/mol. The fraction of sp³-hybridized carbons (Fsp3) is 0.385. The van der Waals surface area contributed by atoms with Gasteiger partial charge in [0.15, 0.2) is 0 Å². The van der Waals surface area contributed by atoms with Crippen molar-refractivity contribution < 1.29 is 14.7 Å². The van der Waals surface area contributed by atoms with Crippen molar-refractivity contribution in [2.45, 2.75) is 19.5 Å². The monoisotopic (exact) mass is 328 g/mol. The molecular formula is C13H17BrN2O3.